The third-order valence-corrected chi connectivity index (χ3v) is 5.92. The smallest absolute Gasteiger partial charge is 0.258 e. The second kappa shape index (κ2) is 7.70. The number of aromatic amines is 1. The largest absolute Gasteiger partial charge is 0.497 e. The molecule has 0 radical (unpaired) electrons. The Morgan fingerprint density at radius 2 is 1.68 bits per heavy atom. The lowest BCUT2D eigenvalue weighted by atomic mass is 10.2. The van der Waals surface area contributed by atoms with Crippen molar-refractivity contribution in [3.8, 4) is 5.75 Å². The van der Waals surface area contributed by atoms with Crippen LogP contribution in [-0.4, -0.2) is 32.4 Å². The molecule has 0 saturated carbocycles. The number of amides is 1. The number of carbonyl (C=O) groups excluding carboxylic acids is 1. The van der Waals surface area contributed by atoms with E-state index in [0.29, 0.717) is 45.3 Å². The number of hydrogen-bond donors (Lipinski definition) is 2. The zero-order valence-corrected chi connectivity index (χ0v) is 18.2. The van der Waals surface area contributed by atoms with Crippen LogP contribution >= 0.6 is 0 Å². The van der Waals surface area contributed by atoms with Crippen molar-refractivity contribution in [1.29, 1.82) is 0 Å². The van der Waals surface area contributed by atoms with Gasteiger partial charge >= 0.3 is 0 Å². The molecule has 166 valence electrons. The van der Waals surface area contributed by atoms with Crippen LogP contribution in [0, 0.1) is 0 Å². The molecule has 0 unspecified atom stereocenters. The summed E-state index contributed by atoms with van der Waals surface area (Å²) in [6, 6.07) is 22.2. The molecule has 0 spiro atoms. The Bertz CT molecular complexity index is 1780. The van der Waals surface area contributed by atoms with E-state index in [1.807, 2.05) is 60.7 Å². The number of H-pyrrole nitrogens is 1. The highest BCUT2D eigenvalue weighted by atomic mass is 16.5. The van der Waals surface area contributed by atoms with Gasteiger partial charge in [-0.15, -0.1) is 0 Å². The van der Waals surface area contributed by atoms with Crippen molar-refractivity contribution in [3.05, 3.63) is 94.3 Å². The van der Waals surface area contributed by atoms with Crippen molar-refractivity contribution >= 4 is 44.7 Å². The van der Waals surface area contributed by atoms with Crippen LogP contribution in [0.4, 0.5) is 0 Å². The molecule has 8 heteroatoms. The molecule has 34 heavy (non-hydrogen) atoms. The summed E-state index contributed by atoms with van der Waals surface area (Å²) in [6.45, 7) is 0.306. The Morgan fingerprint density at radius 1 is 0.971 bits per heavy atom. The zero-order chi connectivity index (χ0) is 23.2. The van der Waals surface area contributed by atoms with Crippen LogP contribution in [0.3, 0.4) is 0 Å². The minimum Gasteiger partial charge on any atom is -0.497 e. The number of rotatable bonds is 4. The molecule has 8 nitrogen and oxygen atoms in total. The molecule has 3 aromatic carbocycles. The molecule has 6 aromatic rings. The summed E-state index contributed by atoms with van der Waals surface area (Å²) < 4.78 is 6.99. The van der Waals surface area contributed by atoms with Gasteiger partial charge in [-0.2, -0.15) is 0 Å². The van der Waals surface area contributed by atoms with Gasteiger partial charge in [-0.3, -0.25) is 14.0 Å². The van der Waals surface area contributed by atoms with Gasteiger partial charge in [0.2, 0.25) is 0 Å². The Hall–Kier alpha value is -4.72. The molecule has 2 N–H and O–H groups in total. The maximum absolute atomic E-state index is 13.5. The fourth-order valence-corrected chi connectivity index (χ4v) is 4.26. The number of nitrogens with one attached hydrogen (secondary N) is 2. The van der Waals surface area contributed by atoms with Gasteiger partial charge in [-0.1, -0.05) is 36.4 Å². The molecule has 0 fully saturated rings. The number of aromatic nitrogens is 4. The van der Waals surface area contributed by atoms with Crippen LogP contribution in [0.25, 0.3) is 38.7 Å². The number of carbonyl (C=O) groups is 1. The summed E-state index contributed by atoms with van der Waals surface area (Å²) in [4.78, 5) is 38.8. The van der Waals surface area contributed by atoms with Crippen LogP contribution in [0.15, 0.2) is 77.6 Å². The van der Waals surface area contributed by atoms with Gasteiger partial charge in [0.25, 0.3) is 11.5 Å². The van der Waals surface area contributed by atoms with E-state index in [9.17, 15) is 9.59 Å². The van der Waals surface area contributed by atoms with Crippen molar-refractivity contribution in [3.63, 3.8) is 0 Å². The van der Waals surface area contributed by atoms with Gasteiger partial charge in [0.1, 0.15) is 22.5 Å². The normalized spacial score (nSPS) is 11.4. The summed E-state index contributed by atoms with van der Waals surface area (Å²) in [7, 11) is 1.61. The van der Waals surface area contributed by atoms with Gasteiger partial charge in [0.05, 0.1) is 29.0 Å². The molecule has 6 rings (SSSR count). The minimum absolute atomic E-state index is 0.278. The number of benzene rings is 3. The zero-order valence-electron chi connectivity index (χ0n) is 18.2. The average molecular weight is 449 g/mol. The number of ether oxygens (including phenoxy) is 1. The van der Waals surface area contributed by atoms with E-state index in [0.717, 1.165) is 11.3 Å². The van der Waals surface area contributed by atoms with E-state index in [2.05, 4.69) is 10.3 Å². The third-order valence-electron chi connectivity index (χ3n) is 5.92. The van der Waals surface area contributed by atoms with Crippen LogP contribution in [0.1, 0.15) is 15.9 Å². The van der Waals surface area contributed by atoms with Crippen LogP contribution < -0.4 is 15.6 Å². The van der Waals surface area contributed by atoms with Crippen LogP contribution in [-0.2, 0) is 6.54 Å². The molecule has 3 heterocycles. The molecular formula is C26H19N5O3. The quantitative estimate of drug-likeness (QED) is 0.426. The number of para-hydroxylation sites is 3. The number of nitrogens with zero attached hydrogens (tertiary/aromatic N) is 3. The van der Waals surface area contributed by atoms with Crippen molar-refractivity contribution in [1.82, 2.24) is 24.7 Å². The van der Waals surface area contributed by atoms with Gasteiger partial charge < -0.3 is 15.0 Å². The van der Waals surface area contributed by atoms with Gasteiger partial charge in [-0.25, -0.2) is 9.97 Å². The molecular weight excluding hydrogens is 430 g/mol. The number of methoxy groups -OCH3 is 1. The standard InChI is InChI=1S/C26H19N5O3/c1-34-16-12-10-15(11-13-16)14-27-26(33)21-22-24(29-19-8-4-3-7-18(19)28-22)31-20-9-5-2-6-17(20)25(32)30-23(21)31/h2-13H,14H2,1H3,(H,27,33)(H,30,32). The second-order valence-electron chi connectivity index (χ2n) is 7.95. The third kappa shape index (κ3) is 3.07. The molecule has 0 bridgehead atoms. The topological polar surface area (TPSA) is 101 Å². The highest BCUT2D eigenvalue weighted by Gasteiger charge is 2.24. The molecule has 0 aliphatic carbocycles. The fourth-order valence-electron chi connectivity index (χ4n) is 4.26. The van der Waals surface area contributed by atoms with E-state index in [1.54, 1.807) is 23.6 Å². The molecule has 1 amide bonds. The Labute approximate surface area is 192 Å². The highest BCUT2D eigenvalue weighted by molar-refractivity contribution is 6.13. The lowest BCUT2D eigenvalue weighted by Crippen LogP contribution is -2.23. The monoisotopic (exact) mass is 449 g/mol. The average Bonchev–Trinajstić information content (AvgIpc) is 3.19. The second-order valence-corrected chi connectivity index (χ2v) is 7.95. The predicted molar refractivity (Wildman–Crippen MR) is 130 cm³/mol. The van der Waals surface area contributed by atoms with Gasteiger partial charge in [0.15, 0.2) is 5.65 Å². The predicted octanol–water partition coefficient (Wildman–Crippen LogP) is 3.82. The molecule has 0 aliphatic heterocycles. The van der Waals surface area contributed by atoms with Crippen molar-refractivity contribution < 1.29 is 9.53 Å². The van der Waals surface area contributed by atoms with Crippen LogP contribution in [0.5, 0.6) is 5.75 Å². The van der Waals surface area contributed by atoms with Crippen LogP contribution in [0.2, 0.25) is 0 Å². The number of hydrogen-bond acceptors (Lipinski definition) is 5. The summed E-state index contributed by atoms with van der Waals surface area (Å²) >= 11 is 0. The number of fused-ring (bicyclic) bond motifs is 6. The Balaban J connectivity index is 1.57. The van der Waals surface area contributed by atoms with Crippen molar-refractivity contribution in [2.45, 2.75) is 6.54 Å². The first-order valence-corrected chi connectivity index (χ1v) is 10.8. The van der Waals surface area contributed by atoms with E-state index in [-0.39, 0.29) is 17.0 Å². The molecule has 0 atom stereocenters. The maximum Gasteiger partial charge on any atom is 0.258 e. The summed E-state index contributed by atoms with van der Waals surface area (Å²) in [6.07, 6.45) is 0. The Kier molecular flexibility index (Phi) is 4.51. The highest BCUT2D eigenvalue weighted by Crippen LogP contribution is 2.27. The van der Waals surface area contributed by atoms with Gasteiger partial charge in [-0.05, 0) is 42.0 Å². The molecule has 0 aliphatic rings. The maximum atomic E-state index is 13.5. The van der Waals surface area contributed by atoms with E-state index in [4.69, 9.17) is 14.7 Å². The first kappa shape index (κ1) is 19.9. The lowest BCUT2D eigenvalue weighted by Gasteiger charge is -2.07. The minimum atomic E-state index is -0.348. The van der Waals surface area contributed by atoms with Gasteiger partial charge in [0, 0.05) is 6.54 Å². The van der Waals surface area contributed by atoms with E-state index < -0.39 is 0 Å². The first-order chi connectivity index (χ1) is 16.6. The van der Waals surface area contributed by atoms with Crippen molar-refractivity contribution in [2.75, 3.05) is 7.11 Å². The SMILES string of the molecule is COc1ccc(CNC(=O)c2c3nc4ccccc4nc3n3c2[nH]c(=O)c2ccccc23)cc1. The summed E-state index contributed by atoms with van der Waals surface area (Å²) in [5, 5.41) is 3.46. The lowest BCUT2D eigenvalue weighted by molar-refractivity contribution is 0.0954. The van der Waals surface area contributed by atoms with E-state index >= 15 is 0 Å². The van der Waals surface area contributed by atoms with Crippen molar-refractivity contribution in [2.24, 2.45) is 0 Å². The fraction of sp³-hybridized carbons (Fsp3) is 0.0769. The molecule has 3 aromatic heterocycles. The summed E-state index contributed by atoms with van der Waals surface area (Å²) in [5.74, 6) is 0.393. The molecule has 0 saturated heterocycles. The summed E-state index contributed by atoms with van der Waals surface area (Å²) in [5.41, 5.74) is 4.25. The van der Waals surface area contributed by atoms with E-state index in [1.165, 1.54) is 0 Å². The Morgan fingerprint density at radius 3 is 2.44 bits per heavy atom. The first-order valence-electron chi connectivity index (χ1n) is 10.8.